The van der Waals surface area contributed by atoms with E-state index in [0.29, 0.717) is 23.2 Å². The summed E-state index contributed by atoms with van der Waals surface area (Å²) in [6.07, 6.45) is -0.132. The number of hydrogen-bond acceptors (Lipinski definition) is 3. The topological polar surface area (TPSA) is 41.5 Å². The first kappa shape index (κ1) is 17.0. The average Bonchev–Trinajstić information content (AvgIpc) is 2.28. The number of aliphatic hydroxyl groups is 1. The Labute approximate surface area is 117 Å². The number of benzene rings is 1. The summed E-state index contributed by atoms with van der Waals surface area (Å²) < 4.78 is 5.50. The molecule has 17 heavy (non-hydrogen) atoms. The van der Waals surface area contributed by atoms with Crippen molar-refractivity contribution in [3.8, 4) is 0 Å². The van der Waals surface area contributed by atoms with Gasteiger partial charge in [-0.2, -0.15) is 0 Å². The maximum absolute atomic E-state index is 8.74. The normalized spacial score (nSPS) is 12.0. The molecule has 1 atom stereocenters. The molecule has 0 aliphatic heterocycles. The fourth-order valence-electron chi connectivity index (χ4n) is 1.37. The highest BCUT2D eigenvalue weighted by Crippen LogP contribution is 2.26. The van der Waals surface area contributed by atoms with Crippen LogP contribution in [-0.4, -0.2) is 31.9 Å². The van der Waals surface area contributed by atoms with E-state index in [0.717, 1.165) is 5.56 Å². The van der Waals surface area contributed by atoms with E-state index in [4.69, 9.17) is 33.0 Å². The Morgan fingerprint density at radius 2 is 2.06 bits per heavy atom. The van der Waals surface area contributed by atoms with Crippen molar-refractivity contribution in [2.75, 3.05) is 26.8 Å². The smallest absolute Gasteiger partial charge is 0.0950 e. The summed E-state index contributed by atoms with van der Waals surface area (Å²) in [4.78, 5) is 0. The van der Waals surface area contributed by atoms with Gasteiger partial charge in [-0.15, -0.1) is 12.4 Å². The van der Waals surface area contributed by atoms with Crippen LogP contribution >= 0.6 is 35.6 Å². The van der Waals surface area contributed by atoms with E-state index in [1.807, 2.05) is 13.1 Å². The van der Waals surface area contributed by atoms with Gasteiger partial charge in [0, 0.05) is 6.54 Å². The second-order valence-electron chi connectivity index (χ2n) is 3.31. The van der Waals surface area contributed by atoms with Gasteiger partial charge < -0.3 is 15.2 Å². The number of ether oxygens (including phenoxy) is 1. The Kier molecular flexibility index (Phi) is 8.96. The number of nitrogens with one attached hydrogen (secondary N) is 1. The third-order valence-corrected chi connectivity index (χ3v) is 2.85. The summed E-state index contributed by atoms with van der Waals surface area (Å²) in [6.45, 7) is 0.950. The number of hydrogen-bond donors (Lipinski definition) is 2. The molecule has 1 aromatic rings. The molecular formula is C11H16Cl3NO2. The molecule has 1 unspecified atom stereocenters. The highest BCUT2D eigenvalue weighted by molar-refractivity contribution is 6.42. The molecule has 2 N–H and O–H groups in total. The third kappa shape index (κ3) is 5.42. The first-order valence-electron chi connectivity index (χ1n) is 5.01. The largest absolute Gasteiger partial charge is 0.394 e. The van der Waals surface area contributed by atoms with Crippen LogP contribution in [0.2, 0.25) is 10.0 Å². The molecule has 1 rings (SSSR count). The van der Waals surface area contributed by atoms with Gasteiger partial charge in [-0.1, -0.05) is 29.3 Å². The Morgan fingerprint density at radius 1 is 1.35 bits per heavy atom. The minimum atomic E-state index is -0.132. The van der Waals surface area contributed by atoms with Crippen molar-refractivity contribution in [1.82, 2.24) is 5.32 Å². The molecule has 0 heterocycles. The van der Waals surface area contributed by atoms with Gasteiger partial charge in [0.1, 0.15) is 0 Å². The van der Waals surface area contributed by atoms with Gasteiger partial charge in [0.05, 0.1) is 29.4 Å². The van der Waals surface area contributed by atoms with Crippen LogP contribution in [0.4, 0.5) is 0 Å². The van der Waals surface area contributed by atoms with Crippen LogP contribution in [0.3, 0.4) is 0 Å². The second-order valence-corrected chi connectivity index (χ2v) is 4.13. The molecule has 6 heteroatoms. The van der Waals surface area contributed by atoms with Crippen LogP contribution in [0, 0.1) is 0 Å². The quantitative estimate of drug-likeness (QED) is 0.849. The van der Waals surface area contributed by atoms with Gasteiger partial charge >= 0.3 is 0 Å². The van der Waals surface area contributed by atoms with Gasteiger partial charge in [-0.25, -0.2) is 0 Å². The fourth-order valence-corrected chi connectivity index (χ4v) is 1.67. The van der Waals surface area contributed by atoms with E-state index in [1.54, 1.807) is 12.1 Å². The van der Waals surface area contributed by atoms with Gasteiger partial charge in [-0.05, 0) is 24.7 Å². The lowest BCUT2D eigenvalue weighted by Crippen LogP contribution is -2.21. The van der Waals surface area contributed by atoms with Gasteiger partial charge in [0.15, 0.2) is 0 Å². The summed E-state index contributed by atoms with van der Waals surface area (Å²) >= 11 is 11.8. The molecule has 0 fully saturated rings. The summed E-state index contributed by atoms with van der Waals surface area (Å²) in [6, 6.07) is 5.39. The predicted octanol–water partition coefficient (Wildman–Crippen LogP) is 2.68. The zero-order valence-electron chi connectivity index (χ0n) is 9.45. The fraction of sp³-hybridized carbons (Fsp3) is 0.455. The zero-order valence-corrected chi connectivity index (χ0v) is 11.8. The zero-order chi connectivity index (χ0) is 12.0. The lowest BCUT2D eigenvalue weighted by Gasteiger charge is -2.18. The molecule has 0 aliphatic rings. The number of aliphatic hydroxyl groups excluding tert-OH is 1. The molecule has 0 amide bonds. The Balaban J connectivity index is 0.00000256. The minimum Gasteiger partial charge on any atom is -0.394 e. The van der Waals surface area contributed by atoms with E-state index in [-0.39, 0.29) is 25.1 Å². The van der Waals surface area contributed by atoms with Crippen LogP contribution in [0.5, 0.6) is 0 Å². The Hall–Kier alpha value is -0.0300. The van der Waals surface area contributed by atoms with Crippen molar-refractivity contribution in [3.63, 3.8) is 0 Å². The molecule has 0 aliphatic carbocycles. The lowest BCUT2D eigenvalue weighted by molar-refractivity contribution is 0.0291. The van der Waals surface area contributed by atoms with Gasteiger partial charge in [0.25, 0.3) is 0 Å². The third-order valence-electron chi connectivity index (χ3n) is 2.12. The highest BCUT2D eigenvalue weighted by Gasteiger charge is 2.12. The van der Waals surface area contributed by atoms with Crippen molar-refractivity contribution in [2.24, 2.45) is 0 Å². The number of likely N-dealkylation sites (N-methyl/N-ethyl adjacent to an activating group) is 1. The van der Waals surface area contributed by atoms with Gasteiger partial charge in [0.2, 0.25) is 0 Å². The molecule has 0 saturated carbocycles. The predicted molar refractivity (Wildman–Crippen MR) is 73.4 cm³/mol. The maximum Gasteiger partial charge on any atom is 0.0950 e. The maximum atomic E-state index is 8.74. The highest BCUT2D eigenvalue weighted by atomic mass is 35.5. The molecule has 1 aromatic carbocycles. The van der Waals surface area contributed by atoms with Crippen LogP contribution in [0.15, 0.2) is 18.2 Å². The Bertz CT molecular complexity index is 336. The van der Waals surface area contributed by atoms with Crippen LogP contribution in [0.1, 0.15) is 11.7 Å². The number of halogens is 3. The first-order valence-corrected chi connectivity index (χ1v) is 5.76. The van der Waals surface area contributed by atoms with E-state index in [1.165, 1.54) is 0 Å². The van der Waals surface area contributed by atoms with E-state index >= 15 is 0 Å². The number of rotatable bonds is 6. The van der Waals surface area contributed by atoms with Crippen LogP contribution in [0.25, 0.3) is 0 Å². The van der Waals surface area contributed by atoms with E-state index < -0.39 is 0 Å². The molecule has 0 bridgehead atoms. The van der Waals surface area contributed by atoms with Crippen molar-refractivity contribution < 1.29 is 9.84 Å². The standard InChI is InChI=1S/C11H15Cl2NO2.ClH/c1-14-7-11(16-5-4-15)8-2-3-9(12)10(13)6-8;/h2-3,6,11,14-15H,4-5,7H2,1H3;1H. The van der Waals surface area contributed by atoms with Crippen molar-refractivity contribution in [2.45, 2.75) is 6.10 Å². The first-order chi connectivity index (χ1) is 7.69. The molecule has 0 aromatic heterocycles. The van der Waals surface area contributed by atoms with Crippen molar-refractivity contribution >= 4 is 35.6 Å². The second kappa shape index (κ2) is 8.97. The van der Waals surface area contributed by atoms with Crippen molar-refractivity contribution in [3.05, 3.63) is 33.8 Å². The minimum absolute atomic E-state index is 0. The monoisotopic (exact) mass is 299 g/mol. The molecule has 3 nitrogen and oxygen atoms in total. The summed E-state index contributed by atoms with van der Waals surface area (Å²) in [7, 11) is 1.84. The molecule has 0 saturated heterocycles. The Morgan fingerprint density at radius 3 is 2.59 bits per heavy atom. The van der Waals surface area contributed by atoms with Crippen LogP contribution < -0.4 is 5.32 Å². The summed E-state index contributed by atoms with van der Waals surface area (Å²) in [5.41, 5.74) is 0.942. The molecule has 98 valence electrons. The van der Waals surface area contributed by atoms with Crippen LogP contribution in [-0.2, 0) is 4.74 Å². The van der Waals surface area contributed by atoms with Gasteiger partial charge in [-0.3, -0.25) is 0 Å². The summed E-state index contributed by atoms with van der Waals surface area (Å²) in [5.74, 6) is 0. The molecular weight excluding hydrogens is 284 g/mol. The molecule has 0 spiro atoms. The summed E-state index contributed by atoms with van der Waals surface area (Å²) in [5, 5.41) is 12.8. The van der Waals surface area contributed by atoms with E-state index in [9.17, 15) is 0 Å². The molecule has 0 radical (unpaired) electrons. The average molecular weight is 301 g/mol. The lowest BCUT2D eigenvalue weighted by atomic mass is 10.1. The SMILES string of the molecule is CNCC(OCCO)c1ccc(Cl)c(Cl)c1.Cl. The van der Waals surface area contributed by atoms with Crippen molar-refractivity contribution in [1.29, 1.82) is 0 Å². The van der Waals surface area contributed by atoms with E-state index in [2.05, 4.69) is 5.32 Å².